The number of hydrogen-bond donors (Lipinski definition) is 0. The van der Waals surface area contributed by atoms with Gasteiger partial charge in [-0.1, -0.05) is 204 Å². The first-order valence-electron chi connectivity index (χ1n) is 25.3. The molecule has 6 heteroatoms. The Hall–Kier alpha value is -2.89. The van der Waals surface area contributed by atoms with Crippen LogP contribution in [-0.4, -0.2) is 37.2 Å². The summed E-state index contributed by atoms with van der Waals surface area (Å²) < 4.78 is 16.7. The lowest BCUT2D eigenvalue weighted by Crippen LogP contribution is -2.30. The van der Waals surface area contributed by atoms with Crippen LogP contribution in [0, 0.1) is 0 Å². The van der Waals surface area contributed by atoms with Crippen molar-refractivity contribution >= 4 is 17.9 Å². The maximum absolute atomic E-state index is 12.8. The average molecular weight is 839 g/mol. The van der Waals surface area contributed by atoms with Crippen LogP contribution in [0.3, 0.4) is 0 Å². The third kappa shape index (κ3) is 46.2. The number of carbonyl (C=O) groups is 3. The van der Waals surface area contributed by atoms with Gasteiger partial charge in [0.1, 0.15) is 13.2 Å². The number of esters is 3. The minimum absolute atomic E-state index is 0.0887. The van der Waals surface area contributed by atoms with E-state index in [0.717, 1.165) is 103 Å². The molecule has 0 bridgehead atoms. The van der Waals surface area contributed by atoms with Crippen LogP contribution in [0.25, 0.3) is 0 Å². The fourth-order valence-corrected chi connectivity index (χ4v) is 6.96. The van der Waals surface area contributed by atoms with Gasteiger partial charge in [-0.05, 0) is 83.5 Å². The van der Waals surface area contributed by atoms with Crippen molar-refractivity contribution in [3.05, 3.63) is 60.8 Å². The SMILES string of the molecule is CC/C=C\C/C=C\C/C=C\C/C=C\CCCCCC(=O)OCC(COC(=O)CCCCCCCCCCCCCCC)OC(=O)CCCCC/C=C\CCCCCCCC. The van der Waals surface area contributed by atoms with Gasteiger partial charge in [0.05, 0.1) is 0 Å². The van der Waals surface area contributed by atoms with Gasteiger partial charge >= 0.3 is 17.9 Å². The molecule has 0 aromatic rings. The Morgan fingerprint density at radius 1 is 0.350 bits per heavy atom. The van der Waals surface area contributed by atoms with Crippen molar-refractivity contribution in [1.29, 1.82) is 0 Å². The topological polar surface area (TPSA) is 78.9 Å². The number of rotatable bonds is 45. The molecule has 0 heterocycles. The van der Waals surface area contributed by atoms with Gasteiger partial charge in [0.25, 0.3) is 0 Å². The molecule has 0 aliphatic rings. The molecule has 60 heavy (non-hydrogen) atoms. The van der Waals surface area contributed by atoms with Crippen LogP contribution >= 0.6 is 0 Å². The summed E-state index contributed by atoms with van der Waals surface area (Å²) in [4.78, 5) is 37.9. The molecular weight excluding hydrogens is 745 g/mol. The third-order valence-corrected chi connectivity index (χ3v) is 10.8. The van der Waals surface area contributed by atoms with Crippen LogP contribution < -0.4 is 0 Å². The highest BCUT2D eigenvalue weighted by Gasteiger charge is 2.19. The van der Waals surface area contributed by atoms with Gasteiger partial charge in [-0.25, -0.2) is 0 Å². The maximum atomic E-state index is 12.8. The molecule has 1 unspecified atom stereocenters. The fraction of sp³-hybridized carbons (Fsp3) is 0.759. The zero-order valence-corrected chi connectivity index (χ0v) is 39.5. The maximum Gasteiger partial charge on any atom is 0.306 e. The van der Waals surface area contributed by atoms with Crippen molar-refractivity contribution in [2.24, 2.45) is 0 Å². The summed E-state index contributed by atoms with van der Waals surface area (Å²) in [6.45, 7) is 6.48. The smallest absolute Gasteiger partial charge is 0.306 e. The summed E-state index contributed by atoms with van der Waals surface area (Å²) in [5.41, 5.74) is 0. The molecule has 1 atom stereocenters. The second-order valence-corrected chi connectivity index (χ2v) is 16.7. The molecular formula is C54H94O6. The van der Waals surface area contributed by atoms with E-state index in [1.54, 1.807) is 0 Å². The normalized spacial score (nSPS) is 12.5. The number of carbonyl (C=O) groups excluding carboxylic acids is 3. The van der Waals surface area contributed by atoms with Gasteiger partial charge in [0.2, 0.25) is 0 Å². The predicted molar refractivity (Wildman–Crippen MR) is 256 cm³/mol. The molecule has 0 saturated heterocycles. The Balaban J connectivity index is 4.44. The molecule has 346 valence electrons. The molecule has 6 nitrogen and oxygen atoms in total. The second-order valence-electron chi connectivity index (χ2n) is 16.7. The summed E-state index contributed by atoms with van der Waals surface area (Å²) in [6, 6.07) is 0. The van der Waals surface area contributed by atoms with Crippen LogP contribution in [0.15, 0.2) is 60.8 Å². The molecule has 0 aromatic carbocycles. The van der Waals surface area contributed by atoms with Crippen molar-refractivity contribution in [2.75, 3.05) is 13.2 Å². The third-order valence-electron chi connectivity index (χ3n) is 10.8. The molecule has 0 spiro atoms. The first-order valence-corrected chi connectivity index (χ1v) is 25.3. The highest BCUT2D eigenvalue weighted by Crippen LogP contribution is 2.14. The minimum Gasteiger partial charge on any atom is -0.462 e. The highest BCUT2D eigenvalue weighted by molar-refractivity contribution is 5.71. The van der Waals surface area contributed by atoms with Gasteiger partial charge in [0.15, 0.2) is 6.10 Å². The summed E-state index contributed by atoms with van der Waals surface area (Å²) >= 11 is 0. The van der Waals surface area contributed by atoms with Crippen molar-refractivity contribution in [3.8, 4) is 0 Å². The number of unbranched alkanes of at least 4 members (excludes halogenated alkanes) is 24. The first kappa shape index (κ1) is 57.1. The number of ether oxygens (including phenoxy) is 3. The molecule has 0 rings (SSSR count). The van der Waals surface area contributed by atoms with Gasteiger partial charge in [-0.15, -0.1) is 0 Å². The highest BCUT2D eigenvalue weighted by atomic mass is 16.6. The summed E-state index contributed by atoms with van der Waals surface area (Å²) in [5, 5.41) is 0. The van der Waals surface area contributed by atoms with E-state index < -0.39 is 6.10 Å². The van der Waals surface area contributed by atoms with Crippen LogP contribution in [0.5, 0.6) is 0 Å². The summed E-state index contributed by atoms with van der Waals surface area (Å²) in [5.74, 6) is -0.934. The molecule has 0 amide bonds. The van der Waals surface area contributed by atoms with E-state index in [4.69, 9.17) is 14.2 Å². The van der Waals surface area contributed by atoms with Gasteiger partial charge in [-0.3, -0.25) is 14.4 Å². The lowest BCUT2D eigenvalue weighted by Gasteiger charge is -2.18. The van der Waals surface area contributed by atoms with E-state index in [-0.39, 0.29) is 31.1 Å². The lowest BCUT2D eigenvalue weighted by atomic mass is 10.0. The second kappa shape index (κ2) is 48.8. The molecule has 0 radical (unpaired) electrons. The Bertz CT molecular complexity index is 1100. The van der Waals surface area contributed by atoms with E-state index in [1.807, 2.05) is 0 Å². The molecule has 0 aliphatic carbocycles. The van der Waals surface area contributed by atoms with E-state index in [1.165, 1.54) is 103 Å². The summed E-state index contributed by atoms with van der Waals surface area (Å²) in [7, 11) is 0. The zero-order valence-electron chi connectivity index (χ0n) is 39.5. The van der Waals surface area contributed by atoms with Gasteiger partial charge < -0.3 is 14.2 Å². The Labute approximate surface area is 370 Å². The Morgan fingerprint density at radius 2 is 0.650 bits per heavy atom. The standard InChI is InChI=1S/C54H94O6/c1-4-7-10-13-16-19-22-25-26-27-30-32-35-38-41-44-47-53(56)59-50-51(60-54(57)48-45-42-39-36-33-29-24-21-18-15-12-9-6-3)49-58-52(55)46-43-40-37-34-31-28-23-20-17-14-11-8-5-2/h7,10,16,19,25-26,29-30,32-33,51H,4-6,8-9,11-15,17-18,20-24,27-28,31,34-50H2,1-3H3/b10-7-,19-16-,26-25-,32-30-,33-29-. The lowest BCUT2D eigenvalue weighted by molar-refractivity contribution is -0.167. The van der Waals surface area contributed by atoms with Gasteiger partial charge in [0, 0.05) is 19.3 Å². The molecule has 0 saturated carbocycles. The molecule has 0 fully saturated rings. The minimum atomic E-state index is -0.792. The van der Waals surface area contributed by atoms with Crippen molar-refractivity contribution in [1.82, 2.24) is 0 Å². The quantitative estimate of drug-likeness (QED) is 0.0263. The van der Waals surface area contributed by atoms with Crippen LogP contribution in [0.1, 0.15) is 245 Å². The monoisotopic (exact) mass is 839 g/mol. The van der Waals surface area contributed by atoms with Gasteiger partial charge in [-0.2, -0.15) is 0 Å². The Morgan fingerprint density at radius 3 is 1.05 bits per heavy atom. The van der Waals surface area contributed by atoms with Crippen molar-refractivity contribution in [2.45, 2.75) is 252 Å². The fourth-order valence-electron chi connectivity index (χ4n) is 6.96. The molecule has 0 aromatic heterocycles. The number of hydrogen-bond acceptors (Lipinski definition) is 6. The molecule has 0 N–H and O–H groups in total. The van der Waals surface area contributed by atoms with Crippen molar-refractivity contribution in [3.63, 3.8) is 0 Å². The zero-order chi connectivity index (χ0) is 43.7. The van der Waals surface area contributed by atoms with E-state index in [0.29, 0.717) is 19.3 Å². The van der Waals surface area contributed by atoms with Crippen molar-refractivity contribution < 1.29 is 28.6 Å². The largest absolute Gasteiger partial charge is 0.462 e. The van der Waals surface area contributed by atoms with Crippen LogP contribution in [0.4, 0.5) is 0 Å². The average Bonchev–Trinajstić information content (AvgIpc) is 3.24. The summed E-state index contributed by atoms with van der Waals surface area (Å²) in [6.07, 6.45) is 59.1. The number of allylic oxidation sites excluding steroid dienone is 10. The van der Waals surface area contributed by atoms with Crippen LogP contribution in [0.2, 0.25) is 0 Å². The Kier molecular flexibility index (Phi) is 46.4. The molecule has 0 aliphatic heterocycles. The first-order chi connectivity index (χ1) is 29.5. The van der Waals surface area contributed by atoms with E-state index in [9.17, 15) is 14.4 Å². The van der Waals surface area contributed by atoms with E-state index in [2.05, 4.69) is 81.5 Å². The van der Waals surface area contributed by atoms with E-state index >= 15 is 0 Å². The van der Waals surface area contributed by atoms with Crippen LogP contribution in [-0.2, 0) is 28.6 Å². The predicted octanol–water partition coefficient (Wildman–Crippen LogP) is 16.5.